The summed E-state index contributed by atoms with van der Waals surface area (Å²) in [5.41, 5.74) is -0.348. The fourth-order valence-corrected chi connectivity index (χ4v) is 3.53. The number of hydrogen-bond acceptors (Lipinski definition) is 3. The van der Waals surface area contributed by atoms with Gasteiger partial charge in [0, 0.05) is 10.0 Å². The maximum absolute atomic E-state index is 13.0. The molecule has 0 aliphatic carbocycles. The van der Waals surface area contributed by atoms with Gasteiger partial charge < -0.3 is 10.6 Å². The first-order chi connectivity index (χ1) is 13.3. The topological polar surface area (TPSA) is 78.5 Å². The van der Waals surface area contributed by atoms with Gasteiger partial charge in [0.05, 0.1) is 10.7 Å². The monoisotopic (exact) mass is 439 g/mol. The van der Waals surface area contributed by atoms with Gasteiger partial charge in [0.1, 0.15) is 12.1 Å². The van der Waals surface area contributed by atoms with E-state index in [1.807, 2.05) is 0 Å². The molecule has 0 aromatic heterocycles. The zero-order valence-electron chi connectivity index (χ0n) is 14.8. The fraction of sp³-hybridized carbons (Fsp3) is 0.211. The minimum atomic E-state index is -1.24. The molecule has 1 saturated heterocycles. The molecule has 2 N–H and O–H groups in total. The highest BCUT2D eigenvalue weighted by atomic mass is 35.5. The van der Waals surface area contributed by atoms with Gasteiger partial charge in [0.2, 0.25) is 5.91 Å². The van der Waals surface area contributed by atoms with E-state index in [2.05, 4.69) is 10.6 Å². The van der Waals surface area contributed by atoms with E-state index >= 15 is 0 Å². The maximum atomic E-state index is 13.0. The first kappa shape index (κ1) is 20.5. The molecule has 1 aliphatic rings. The summed E-state index contributed by atoms with van der Waals surface area (Å²) < 4.78 is 0. The second-order valence-corrected chi connectivity index (χ2v) is 7.54. The van der Waals surface area contributed by atoms with Crippen LogP contribution in [-0.4, -0.2) is 29.3 Å². The summed E-state index contributed by atoms with van der Waals surface area (Å²) in [6.45, 7) is 1.32. The molecule has 1 aliphatic heterocycles. The molecule has 1 unspecified atom stereocenters. The highest BCUT2D eigenvalue weighted by Gasteiger charge is 2.51. The molecular formula is C19H16Cl3N3O3. The summed E-state index contributed by atoms with van der Waals surface area (Å²) in [7, 11) is 0. The van der Waals surface area contributed by atoms with Crippen LogP contribution in [0.1, 0.15) is 18.9 Å². The van der Waals surface area contributed by atoms with Crippen LogP contribution < -0.4 is 10.6 Å². The van der Waals surface area contributed by atoms with Gasteiger partial charge in [-0.3, -0.25) is 14.5 Å². The lowest BCUT2D eigenvalue weighted by Crippen LogP contribution is -2.44. The highest BCUT2D eigenvalue weighted by molar-refractivity contribution is 6.35. The van der Waals surface area contributed by atoms with Crippen LogP contribution in [0.15, 0.2) is 42.5 Å². The number of nitrogens with zero attached hydrogens (tertiary/aromatic N) is 1. The van der Waals surface area contributed by atoms with Gasteiger partial charge in [-0.2, -0.15) is 0 Å². The number of hydrogen-bond donors (Lipinski definition) is 2. The van der Waals surface area contributed by atoms with E-state index in [4.69, 9.17) is 34.8 Å². The lowest BCUT2D eigenvalue weighted by Gasteiger charge is -2.25. The van der Waals surface area contributed by atoms with Gasteiger partial charge in [-0.15, -0.1) is 0 Å². The van der Waals surface area contributed by atoms with Crippen molar-refractivity contribution in [2.45, 2.75) is 18.9 Å². The summed E-state index contributed by atoms with van der Waals surface area (Å²) in [5, 5.41) is 6.47. The number of anilines is 1. The largest absolute Gasteiger partial charge is 0.325 e. The molecule has 4 amide bonds. The summed E-state index contributed by atoms with van der Waals surface area (Å²) in [6, 6.07) is 10.6. The molecule has 0 radical (unpaired) electrons. The molecule has 28 heavy (non-hydrogen) atoms. The van der Waals surface area contributed by atoms with E-state index < -0.39 is 29.9 Å². The quantitative estimate of drug-likeness (QED) is 0.675. The number of urea groups is 1. The van der Waals surface area contributed by atoms with Crippen molar-refractivity contribution in [2.24, 2.45) is 0 Å². The first-order valence-electron chi connectivity index (χ1n) is 8.42. The van der Waals surface area contributed by atoms with Gasteiger partial charge in [-0.1, -0.05) is 53.9 Å². The van der Waals surface area contributed by atoms with Crippen molar-refractivity contribution >= 4 is 58.3 Å². The molecule has 0 bridgehead atoms. The molecule has 146 valence electrons. The standard InChI is InChI=1S/C19H16Cl3N3O3/c1-2-19(11-3-5-12(20)6-4-11)17(27)25(18(28)24-19)10-16(26)23-15-9-13(21)7-8-14(15)22/h3-9H,2,10H2,1H3,(H,23,26)(H,24,28). The lowest BCUT2D eigenvalue weighted by molar-refractivity contribution is -0.134. The molecule has 2 aromatic carbocycles. The third kappa shape index (κ3) is 3.81. The number of nitrogens with one attached hydrogen (secondary N) is 2. The summed E-state index contributed by atoms with van der Waals surface area (Å²) in [6.07, 6.45) is 0.317. The van der Waals surface area contributed by atoms with E-state index in [9.17, 15) is 14.4 Å². The Balaban J connectivity index is 1.80. The van der Waals surface area contributed by atoms with Gasteiger partial charge in [-0.05, 0) is 42.3 Å². The van der Waals surface area contributed by atoms with E-state index in [-0.39, 0.29) is 0 Å². The van der Waals surface area contributed by atoms with Crippen LogP contribution in [0.4, 0.5) is 10.5 Å². The van der Waals surface area contributed by atoms with Crippen LogP contribution >= 0.6 is 34.8 Å². The average molecular weight is 441 g/mol. The summed E-state index contributed by atoms with van der Waals surface area (Å²) in [4.78, 5) is 38.8. The van der Waals surface area contributed by atoms with Crippen molar-refractivity contribution in [2.75, 3.05) is 11.9 Å². The molecule has 3 rings (SSSR count). The van der Waals surface area contributed by atoms with Crippen LogP contribution in [-0.2, 0) is 15.1 Å². The second-order valence-electron chi connectivity index (χ2n) is 6.26. The van der Waals surface area contributed by atoms with E-state index in [0.717, 1.165) is 4.90 Å². The van der Waals surface area contributed by atoms with Crippen molar-refractivity contribution in [3.05, 3.63) is 63.1 Å². The molecule has 1 fully saturated rings. The number of rotatable bonds is 5. The molecule has 1 heterocycles. The third-order valence-corrected chi connectivity index (χ3v) is 5.36. The van der Waals surface area contributed by atoms with Crippen LogP contribution in [0.2, 0.25) is 15.1 Å². The normalized spacial score (nSPS) is 18.9. The Hall–Kier alpha value is -2.28. The predicted octanol–water partition coefficient (Wildman–Crippen LogP) is 4.44. The molecule has 9 heteroatoms. The number of imide groups is 1. The first-order valence-corrected chi connectivity index (χ1v) is 9.55. The zero-order valence-corrected chi connectivity index (χ0v) is 17.0. The number of benzene rings is 2. The van der Waals surface area contributed by atoms with Gasteiger partial charge >= 0.3 is 6.03 Å². The Kier molecular flexibility index (Phi) is 5.84. The molecule has 2 aromatic rings. The Bertz CT molecular complexity index is 949. The van der Waals surface area contributed by atoms with E-state index in [1.165, 1.54) is 12.1 Å². The number of amides is 4. The molecule has 1 atom stereocenters. The average Bonchev–Trinajstić information content (AvgIpc) is 2.90. The summed E-state index contributed by atoms with van der Waals surface area (Å²) in [5.74, 6) is -1.08. The van der Waals surface area contributed by atoms with Gasteiger partial charge in [0.15, 0.2) is 0 Å². The van der Waals surface area contributed by atoms with Crippen molar-refractivity contribution in [3.63, 3.8) is 0 Å². The van der Waals surface area contributed by atoms with Crippen LogP contribution in [0, 0.1) is 0 Å². The van der Waals surface area contributed by atoms with Crippen LogP contribution in [0.3, 0.4) is 0 Å². The Morgan fingerprint density at radius 3 is 2.36 bits per heavy atom. The summed E-state index contributed by atoms with van der Waals surface area (Å²) >= 11 is 17.8. The Morgan fingerprint density at radius 1 is 1.07 bits per heavy atom. The van der Waals surface area contributed by atoms with Gasteiger partial charge in [0.25, 0.3) is 5.91 Å². The third-order valence-electron chi connectivity index (χ3n) is 4.55. The maximum Gasteiger partial charge on any atom is 0.325 e. The minimum Gasteiger partial charge on any atom is -0.323 e. The SMILES string of the molecule is CCC1(c2ccc(Cl)cc2)NC(=O)N(CC(=O)Nc2cc(Cl)ccc2Cl)C1=O. The smallest absolute Gasteiger partial charge is 0.323 e. The molecule has 0 spiro atoms. The van der Waals surface area contributed by atoms with Crippen LogP contribution in [0.5, 0.6) is 0 Å². The van der Waals surface area contributed by atoms with E-state index in [0.29, 0.717) is 32.7 Å². The molecular weight excluding hydrogens is 425 g/mol. The van der Waals surface area contributed by atoms with E-state index in [1.54, 1.807) is 37.3 Å². The number of carbonyl (C=O) groups excluding carboxylic acids is 3. The number of halogens is 3. The minimum absolute atomic E-state index is 0.291. The fourth-order valence-electron chi connectivity index (χ4n) is 3.07. The predicted molar refractivity (Wildman–Crippen MR) is 109 cm³/mol. The molecule has 6 nitrogen and oxygen atoms in total. The van der Waals surface area contributed by atoms with Crippen LogP contribution in [0.25, 0.3) is 0 Å². The van der Waals surface area contributed by atoms with Crippen molar-refractivity contribution in [3.8, 4) is 0 Å². The van der Waals surface area contributed by atoms with Crippen molar-refractivity contribution in [1.82, 2.24) is 10.2 Å². The zero-order chi connectivity index (χ0) is 20.5. The second kappa shape index (κ2) is 7.99. The lowest BCUT2D eigenvalue weighted by atomic mass is 9.87. The number of carbonyl (C=O) groups is 3. The highest BCUT2D eigenvalue weighted by Crippen LogP contribution is 2.33. The van der Waals surface area contributed by atoms with Crippen molar-refractivity contribution < 1.29 is 14.4 Å². The molecule has 0 saturated carbocycles. The Labute approximate surface area is 176 Å². The van der Waals surface area contributed by atoms with Crippen molar-refractivity contribution in [1.29, 1.82) is 0 Å². The van der Waals surface area contributed by atoms with Gasteiger partial charge in [-0.25, -0.2) is 4.79 Å². The Morgan fingerprint density at radius 2 is 1.71 bits per heavy atom.